The molecule has 0 amide bonds. The van der Waals surface area contributed by atoms with E-state index in [-0.39, 0.29) is 23.4 Å². The Labute approximate surface area is 184 Å². The highest BCUT2D eigenvalue weighted by Crippen LogP contribution is 2.77. The average Bonchev–Trinajstić information content (AvgIpc) is 3.40. The van der Waals surface area contributed by atoms with Gasteiger partial charge >= 0.3 is 0 Å². The van der Waals surface area contributed by atoms with Gasteiger partial charge in [0.15, 0.2) is 11.6 Å². The highest BCUT2D eigenvalue weighted by Gasteiger charge is 2.92. The zero-order valence-corrected chi connectivity index (χ0v) is 18.4. The number of rotatable bonds is 4. The SMILES string of the molecule is CN(c1ccccc1)C12CCCC1C(=O)C21C(=O)C2CCCC21N(C)c1ccccc1. The fourth-order valence-corrected chi connectivity index (χ4v) is 8.36. The molecule has 4 nitrogen and oxygen atoms in total. The van der Waals surface area contributed by atoms with Crippen LogP contribution in [0.15, 0.2) is 60.7 Å². The van der Waals surface area contributed by atoms with Crippen molar-refractivity contribution in [1.82, 2.24) is 0 Å². The Bertz CT molecular complexity index is 966. The van der Waals surface area contributed by atoms with Gasteiger partial charge in [-0.1, -0.05) is 49.2 Å². The van der Waals surface area contributed by atoms with Crippen LogP contribution in [0.5, 0.6) is 0 Å². The normalized spacial score (nSPS) is 37.7. The van der Waals surface area contributed by atoms with E-state index in [9.17, 15) is 9.59 Å². The summed E-state index contributed by atoms with van der Waals surface area (Å²) < 4.78 is 0. The van der Waals surface area contributed by atoms with Crippen LogP contribution in [0.2, 0.25) is 0 Å². The molecule has 0 heterocycles. The molecule has 160 valence electrons. The van der Waals surface area contributed by atoms with Crippen LogP contribution in [0, 0.1) is 17.3 Å². The Hall–Kier alpha value is -2.62. The summed E-state index contributed by atoms with van der Waals surface area (Å²) in [5.41, 5.74) is 0.470. The zero-order chi connectivity index (χ0) is 21.4. The molecule has 6 rings (SSSR count). The number of fused-ring (bicyclic) bond motifs is 4. The zero-order valence-electron chi connectivity index (χ0n) is 18.4. The largest absolute Gasteiger partial charge is 0.367 e. The van der Waals surface area contributed by atoms with Crippen LogP contribution in [0.4, 0.5) is 11.4 Å². The number of nitrogens with zero attached hydrogens (tertiary/aromatic N) is 2. The van der Waals surface area contributed by atoms with E-state index in [2.05, 4.69) is 48.2 Å². The molecule has 0 aliphatic heterocycles. The summed E-state index contributed by atoms with van der Waals surface area (Å²) in [7, 11) is 4.24. The molecule has 4 saturated carbocycles. The summed E-state index contributed by atoms with van der Waals surface area (Å²) in [6.45, 7) is 0. The first kappa shape index (κ1) is 19.1. The van der Waals surface area contributed by atoms with Crippen molar-refractivity contribution in [3.8, 4) is 0 Å². The maximum absolute atomic E-state index is 14.0. The predicted molar refractivity (Wildman–Crippen MR) is 122 cm³/mol. The standard InChI is InChI=1S/C27H30N2O2/c1-28(19-11-5-3-6-12-19)25-17-9-15-21(25)23(30)27(25)24(31)22-16-10-18-26(22,27)29(2)20-13-7-4-8-14-20/h3-8,11-14,21-22H,9-10,15-18H2,1-2H3. The van der Waals surface area contributed by atoms with Crippen LogP contribution in [-0.2, 0) is 9.59 Å². The minimum absolute atomic E-state index is 0.0377. The molecule has 0 N–H and O–H groups in total. The van der Waals surface area contributed by atoms with Gasteiger partial charge in [0.2, 0.25) is 0 Å². The maximum Gasteiger partial charge on any atom is 0.156 e. The lowest BCUT2D eigenvalue weighted by Crippen LogP contribution is -2.94. The Morgan fingerprint density at radius 3 is 1.45 bits per heavy atom. The third-order valence-corrected chi connectivity index (χ3v) is 9.41. The topological polar surface area (TPSA) is 40.6 Å². The number of para-hydroxylation sites is 2. The Morgan fingerprint density at radius 2 is 1.06 bits per heavy atom. The van der Waals surface area contributed by atoms with E-state index in [1.165, 1.54) is 0 Å². The van der Waals surface area contributed by atoms with E-state index in [0.29, 0.717) is 0 Å². The molecule has 4 unspecified atom stereocenters. The van der Waals surface area contributed by atoms with Crippen LogP contribution in [0.25, 0.3) is 0 Å². The fraction of sp³-hybridized carbons (Fsp3) is 0.481. The Morgan fingerprint density at radius 1 is 0.677 bits per heavy atom. The quantitative estimate of drug-likeness (QED) is 0.692. The number of hydrogen-bond donors (Lipinski definition) is 0. The van der Waals surface area contributed by atoms with Crippen molar-refractivity contribution >= 4 is 22.9 Å². The second kappa shape index (κ2) is 6.21. The van der Waals surface area contributed by atoms with E-state index < -0.39 is 16.5 Å². The van der Waals surface area contributed by atoms with Crippen molar-refractivity contribution in [3.05, 3.63) is 60.7 Å². The number of Topliss-reactive ketones (excluding diaryl/α,β-unsaturated/α-hetero) is 2. The fourth-order valence-electron chi connectivity index (χ4n) is 8.36. The lowest BCUT2D eigenvalue weighted by atomic mass is 9.30. The number of anilines is 2. The third-order valence-electron chi connectivity index (χ3n) is 9.41. The molecular formula is C27H30N2O2. The smallest absolute Gasteiger partial charge is 0.156 e. The minimum atomic E-state index is -0.919. The molecule has 0 aromatic heterocycles. The lowest BCUT2D eigenvalue weighted by molar-refractivity contribution is -0.200. The number of ketones is 2. The van der Waals surface area contributed by atoms with E-state index in [1.54, 1.807) is 0 Å². The van der Waals surface area contributed by atoms with Crippen LogP contribution in [-0.4, -0.2) is 36.7 Å². The molecule has 4 aliphatic carbocycles. The van der Waals surface area contributed by atoms with Crippen molar-refractivity contribution in [3.63, 3.8) is 0 Å². The monoisotopic (exact) mass is 414 g/mol. The molecule has 4 heteroatoms. The van der Waals surface area contributed by atoms with Gasteiger partial charge in [-0.3, -0.25) is 9.59 Å². The van der Waals surface area contributed by atoms with E-state index >= 15 is 0 Å². The first-order valence-electron chi connectivity index (χ1n) is 11.7. The van der Waals surface area contributed by atoms with Gasteiger partial charge in [0.1, 0.15) is 5.41 Å². The molecular weight excluding hydrogens is 384 g/mol. The highest BCUT2D eigenvalue weighted by molar-refractivity contribution is 6.24. The second-order valence-corrected chi connectivity index (χ2v) is 10.0. The van der Waals surface area contributed by atoms with Gasteiger partial charge in [0.25, 0.3) is 0 Å². The van der Waals surface area contributed by atoms with Crippen LogP contribution < -0.4 is 9.80 Å². The van der Waals surface area contributed by atoms with Gasteiger partial charge in [-0.05, 0) is 49.9 Å². The van der Waals surface area contributed by atoms with E-state index in [0.717, 1.165) is 49.9 Å². The first-order chi connectivity index (χ1) is 15.0. The summed E-state index contributed by atoms with van der Waals surface area (Å²) >= 11 is 0. The summed E-state index contributed by atoms with van der Waals surface area (Å²) in [6, 6.07) is 20.7. The van der Waals surface area contributed by atoms with Gasteiger partial charge in [0.05, 0.1) is 11.1 Å². The number of carbonyl (C=O) groups excluding carboxylic acids is 2. The van der Waals surface area contributed by atoms with Gasteiger partial charge in [-0.25, -0.2) is 0 Å². The van der Waals surface area contributed by atoms with Gasteiger partial charge in [0, 0.05) is 37.3 Å². The summed E-state index contributed by atoms with van der Waals surface area (Å²) in [5.74, 6) is 0.367. The highest BCUT2D eigenvalue weighted by atomic mass is 16.2. The average molecular weight is 415 g/mol. The molecule has 0 saturated heterocycles. The van der Waals surface area contributed by atoms with Gasteiger partial charge in [-0.15, -0.1) is 0 Å². The Kier molecular flexibility index (Phi) is 3.83. The molecule has 4 atom stereocenters. The minimum Gasteiger partial charge on any atom is -0.367 e. The second-order valence-electron chi connectivity index (χ2n) is 10.0. The molecule has 4 aliphatic rings. The molecule has 31 heavy (non-hydrogen) atoms. The number of carbonyl (C=O) groups is 2. The van der Waals surface area contributed by atoms with Gasteiger partial charge in [-0.2, -0.15) is 0 Å². The molecule has 2 aromatic rings. The third kappa shape index (κ3) is 1.86. The molecule has 0 radical (unpaired) electrons. The first-order valence-corrected chi connectivity index (χ1v) is 11.7. The van der Waals surface area contributed by atoms with Crippen LogP contribution in [0.1, 0.15) is 38.5 Å². The molecule has 4 fully saturated rings. The lowest BCUT2D eigenvalue weighted by Gasteiger charge is -2.77. The van der Waals surface area contributed by atoms with Gasteiger partial charge < -0.3 is 9.80 Å². The maximum atomic E-state index is 14.0. The van der Waals surface area contributed by atoms with Crippen LogP contribution in [0.3, 0.4) is 0 Å². The van der Waals surface area contributed by atoms with Crippen molar-refractivity contribution < 1.29 is 9.59 Å². The van der Waals surface area contributed by atoms with Crippen molar-refractivity contribution in [1.29, 1.82) is 0 Å². The van der Waals surface area contributed by atoms with Crippen molar-refractivity contribution in [2.24, 2.45) is 17.3 Å². The van der Waals surface area contributed by atoms with Crippen molar-refractivity contribution in [2.75, 3.05) is 23.9 Å². The molecule has 2 aromatic carbocycles. The molecule has 1 spiro atoms. The summed E-state index contributed by atoms with van der Waals surface area (Å²) in [5, 5.41) is 0. The van der Waals surface area contributed by atoms with E-state index in [4.69, 9.17) is 0 Å². The predicted octanol–water partition coefficient (Wildman–Crippen LogP) is 4.49. The van der Waals surface area contributed by atoms with Crippen LogP contribution >= 0.6 is 0 Å². The molecule has 0 bridgehead atoms. The van der Waals surface area contributed by atoms with E-state index in [1.807, 2.05) is 36.4 Å². The van der Waals surface area contributed by atoms with Crippen molar-refractivity contribution in [2.45, 2.75) is 49.6 Å². The summed E-state index contributed by atoms with van der Waals surface area (Å²) in [6.07, 6.45) is 5.66. The summed E-state index contributed by atoms with van der Waals surface area (Å²) in [4.78, 5) is 32.7. The Balaban J connectivity index is 1.55. The number of benzene rings is 2. The number of hydrogen-bond acceptors (Lipinski definition) is 4.